The van der Waals surface area contributed by atoms with E-state index in [0.717, 1.165) is 35.2 Å². The number of hydrazone groups is 1. The van der Waals surface area contributed by atoms with Crippen LogP contribution in [-0.4, -0.2) is 23.3 Å². The molecule has 0 bridgehead atoms. The van der Waals surface area contributed by atoms with Crippen molar-refractivity contribution < 1.29 is 9.53 Å². The van der Waals surface area contributed by atoms with Crippen LogP contribution in [0.1, 0.15) is 34.8 Å². The number of amides is 1. The Bertz CT molecular complexity index is 1490. The van der Waals surface area contributed by atoms with Gasteiger partial charge in [-0.05, 0) is 53.1 Å². The molecule has 0 saturated carbocycles. The standard InChI is InChI=1S/C30H27N3O2/c1-2-18-35-26-16-14-23(15-17-26)30(34)32-31-19-25-21-33(29-13-6-5-12-28(25)29)20-24-10-7-9-22-8-3-4-11-27(22)24/h3-17,19,21H,2,18,20H2,1H3,(H,32,34)/b31-19+. The molecular formula is C30H27N3O2. The van der Waals surface area contributed by atoms with Gasteiger partial charge in [0.25, 0.3) is 5.91 Å². The minimum atomic E-state index is -0.261. The number of nitrogens with one attached hydrogen (secondary N) is 1. The number of benzene rings is 4. The lowest BCUT2D eigenvalue weighted by atomic mass is 10.0. The highest BCUT2D eigenvalue weighted by molar-refractivity contribution is 6.00. The van der Waals surface area contributed by atoms with Crippen LogP contribution in [-0.2, 0) is 6.54 Å². The molecule has 5 aromatic rings. The highest BCUT2D eigenvalue weighted by Crippen LogP contribution is 2.24. The van der Waals surface area contributed by atoms with Gasteiger partial charge in [0, 0.05) is 34.8 Å². The third-order valence-corrected chi connectivity index (χ3v) is 6.00. The van der Waals surface area contributed by atoms with Crippen LogP contribution in [0.25, 0.3) is 21.7 Å². The molecule has 0 unspecified atom stereocenters. The summed E-state index contributed by atoms with van der Waals surface area (Å²) in [5.74, 6) is 0.494. The minimum absolute atomic E-state index is 0.261. The molecule has 0 spiro atoms. The number of nitrogens with zero attached hydrogens (tertiary/aromatic N) is 2. The van der Waals surface area contributed by atoms with Crippen LogP contribution in [0.3, 0.4) is 0 Å². The minimum Gasteiger partial charge on any atom is -0.494 e. The summed E-state index contributed by atoms with van der Waals surface area (Å²) in [5, 5.41) is 7.81. The van der Waals surface area contributed by atoms with Gasteiger partial charge in [0.2, 0.25) is 0 Å². The molecule has 4 aromatic carbocycles. The first-order valence-corrected chi connectivity index (χ1v) is 11.8. The molecule has 5 nitrogen and oxygen atoms in total. The van der Waals surface area contributed by atoms with Gasteiger partial charge in [0.15, 0.2) is 0 Å². The van der Waals surface area contributed by atoms with Gasteiger partial charge in [-0.25, -0.2) is 5.43 Å². The van der Waals surface area contributed by atoms with E-state index in [4.69, 9.17) is 4.74 Å². The highest BCUT2D eigenvalue weighted by Gasteiger charge is 2.09. The Labute approximate surface area is 204 Å². The maximum Gasteiger partial charge on any atom is 0.271 e. The lowest BCUT2D eigenvalue weighted by molar-refractivity contribution is 0.0955. The summed E-state index contributed by atoms with van der Waals surface area (Å²) in [7, 11) is 0. The van der Waals surface area contributed by atoms with E-state index in [2.05, 4.69) is 82.8 Å². The van der Waals surface area contributed by atoms with E-state index in [1.807, 2.05) is 12.1 Å². The summed E-state index contributed by atoms with van der Waals surface area (Å²) in [5.41, 5.74) is 6.50. The fraction of sp³-hybridized carbons (Fsp3) is 0.133. The zero-order valence-corrected chi connectivity index (χ0v) is 19.6. The van der Waals surface area contributed by atoms with Gasteiger partial charge in [-0.2, -0.15) is 5.10 Å². The van der Waals surface area contributed by atoms with Crippen molar-refractivity contribution in [1.29, 1.82) is 0 Å². The van der Waals surface area contributed by atoms with Crippen molar-refractivity contribution in [3.63, 3.8) is 0 Å². The number of carbonyl (C=O) groups excluding carboxylic acids is 1. The average Bonchev–Trinajstić information content (AvgIpc) is 3.25. The third kappa shape index (κ3) is 4.94. The first kappa shape index (κ1) is 22.4. The number of hydrogen-bond acceptors (Lipinski definition) is 3. The molecule has 1 aromatic heterocycles. The predicted octanol–water partition coefficient (Wildman–Crippen LogP) is 6.40. The molecule has 0 radical (unpaired) electrons. The summed E-state index contributed by atoms with van der Waals surface area (Å²) in [6.45, 7) is 3.46. The number of fused-ring (bicyclic) bond motifs is 2. The Morgan fingerprint density at radius 2 is 1.66 bits per heavy atom. The van der Waals surface area contributed by atoms with Crippen LogP contribution < -0.4 is 10.2 Å². The Balaban J connectivity index is 1.35. The normalized spacial score (nSPS) is 11.3. The second-order valence-electron chi connectivity index (χ2n) is 8.44. The molecule has 5 heteroatoms. The Hall–Kier alpha value is -4.38. The van der Waals surface area contributed by atoms with Crippen molar-refractivity contribution in [2.24, 2.45) is 5.10 Å². The lowest BCUT2D eigenvalue weighted by Gasteiger charge is -2.09. The zero-order valence-electron chi connectivity index (χ0n) is 19.6. The van der Waals surface area contributed by atoms with E-state index in [-0.39, 0.29) is 5.91 Å². The smallest absolute Gasteiger partial charge is 0.271 e. The van der Waals surface area contributed by atoms with E-state index in [1.54, 1.807) is 30.5 Å². The molecule has 1 heterocycles. The van der Waals surface area contributed by atoms with Gasteiger partial charge in [0.05, 0.1) is 12.8 Å². The fourth-order valence-electron chi connectivity index (χ4n) is 4.27. The Morgan fingerprint density at radius 3 is 2.49 bits per heavy atom. The van der Waals surface area contributed by atoms with Crippen LogP contribution in [0.4, 0.5) is 0 Å². The van der Waals surface area contributed by atoms with Gasteiger partial charge in [-0.3, -0.25) is 4.79 Å². The molecule has 5 rings (SSSR count). The van der Waals surface area contributed by atoms with Gasteiger partial charge < -0.3 is 9.30 Å². The summed E-state index contributed by atoms with van der Waals surface area (Å²) in [6.07, 6.45) is 4.73. The molecule has 0 aliphatic rings. The van der Waals surface area contributed by atoms with E-state index in [1.165, 1.54) is 16.3 Å². The maximum absolute atomic E-state index is 12.5. The van der Waals surface area contributed by atoms with Crippen molar-refractivity contribution >= 4 is 33.8 Å². The molecular weight excluding hydrogens is 434 g/mol. The predicted molar refractivity (Wildman–Crippen MR) is 142 cm³/mol. The van der Waals surface area contributed by atoms with E-state index in [0.29, 0.717) is 12.2 Å². The van der Waals surface area contributed by atoms with Crippen molar-refractivity contribution in [3.8, 4) is 5.75 Å². The quantitative estimate of drug-likeness (QED) is 0.215. The molecule has 0 saturated heterocycles. The first-order valence-electron chi connectivity index (χ1n) is 11.8. The monoisotopic (exact) mass is 461 g/mol. The molecule has 174 valence electrons. The van der Waals surface area contributed by atoms with Crippen molar-refractivity contribution in [1.82, 2.24) is 9.99 Å². The third-order valence-electron chi connectivity index (χ3n) is 6.00. The second kappa shape index (κ2) is 10.3. The highest BCUT2D eigenvalue weighted by atomic mass is 16.5. The number of ether oxygens (including phenoxy) is 1. The number of para-hydroxylation sites is 1. The van der Waals surface area contributed by atoms with Crippen LogP contribution in [0.5, 0.6) is 5.75 Å². The summed E-state index contributed by atoms with van der Waals surface area (Å²) < 4.78 is 7.81. The molecule has 0 fully saturated rings. The van der Waals surface area contributed by atoms with Crippen LogP contribution >= 0.6 is 0 Å². The fourth-order valence-corrected chi connectivity index (χ4v) is 4.27. The number of rotatable bonds is 8. The van der Waals surface area contributed by atoms with Crippen LogP contribution in [0.2, 0.25) is 0 Å². The number of hydrogen-bond donors (Lipinski definition) is 1. The molecule has 0 atom stereocenters. The van der Waals surface area contributed by atoms with Gasteiger partial charge in [-0.1, -0.05) is 67.6 Å². The van der Waals surface area contributed by atoms with E-state index in [9.17, 15) is 4.79 Å². The van der Waals surface area contributed by atoms with Gasteiger partial charge in [-0.15, -0.1) is 0 Å². The van der Waals surface area contributed by atoms with Crippen LogP contribution in [0, 0.1) is 0 Å². The summed E-state index contributed by atoms with van der Waals surface area (Å²) in [6, 6.07) is 30.2. The van der Waals surface area contributed by atoms with Crippen molar-refractivity contribution in [2.75, 3.05) is 6.61 Å². The second-order valence-corrected chi connectivity index (χ2v) is 8.44. The van der Waals surface area contributed by atoms with Crippen LogP contribution in [0.15, 0.2) is 102 Å². The SMILES string of the molecule is CCCOc1ccc(C(=O)N/N=C/c2cn(Cc3cccc4ccccc34)c3ccccc23)cc1. The molecule has 1 N–H and O–H groups in total. The zero-order chi connectivity index (χ0) is 24.0. The van der Waals surface area contributed by atoms with Crippen molar-refractivity contribution in [3.05, 3.63) is 114 Å². The van der Waals surface area contributed by atoms with Crippen molar-refractivity contribution in [2.45, 2.75) is 19.9 Å². The van der Waals surface area contributed by atoms with Gasteiger partial charge >= 0.3 is 0 Å². The Kier molecular flexibility index (Phi) is 6.57. The molecule has 0 aliphatic carbocycles. The molecule has 0 aliphatic heterocycles. The summed E-state index contributed by atoms with van der Waals surface area (Å²) >= 11 is 0. The molecule has 35 heavy (non-hydrogen) atoms. The van der Waals surface area contributed by atoms with E-state index < -0.39 is 0 Å². The number of carbonyl (C=O) groups is 1. The maximum atomic E-state index is 12.5. The average molecular weight is 462 g/mol. The van der Waals surface area contributed by atoms with Gasteiger partial charge in [0.1, 0.15) is 5.75 Å². The number of aromatic nitrogens is 1. The van der Waals surface area contributed by atoms with E-state index >= 15 is 0 Å². The first-order chi connectivity index (χ1) is 17.2. The summed E-state index contributed by atoms with van der Waals surface area (Å²) in [4.78, 5) is 12.5. The lowest BCUT2D eigenvalue weighted by Crippen LogP contribution is -2.17. The largest absolute Gasteiger partial charge is 0.494 e. The topological polar surface area (TPSA) is 55.6 Å². The Morgan fingerprint density at radius 1 is 0.914 bits per heavy atom. The molecule has 1 amide bonds.